The minimum Gasteiger partial charge on any atom is -0.378 e. The van der Waals surface area contributed by atoms with Crippen molar-refractivity contribution in [2.75, 3.05) is 59.2 Å². The summed E-state index contributed by atoms with van der Waals surface area (Å²) in [6.07, 6.45) is -9.76. The number of hydrogen-bond donors (Lipinski definition) is 0. The van der Waals surface area contributed by atoms with E-state index >= 15 is 0 Å². The van der Waals surface area contributed by atoms with Crippen LogP contribution in [0.2, 0.25) is 0 Å². The van der Waals surface area contributed by atoms with Crippen LogP contribution in [0.25, 0.3) is 0 Å². The molecular formula is C31H36Cl2F7N3O2. The molecule has 0 N–H and O–H groups in total. The molecule has 2 saturated heterocycles. The molecule has 2 atom stereocenters. The summed E-state index contributed by atoms with van der Waals surface area (Å²) in [5, 5.41) is 0. The summed E-state index contributed by atoms with van der Waals surface area (Å²) in [5.41, 5.74) is -0.731. The minimum absolute atomic E-state index is 0. The molecule has 0 aromatic heterocycles. The Balaban J connectivity index is 0.00000353. The van der Waals surface area contributed by atoms with Gasteiger partial charge in [-0.25, -0.2) is 4.39 Å². The van der Waals surface area contributed by atoms with Crippen molar-refractivity contribution in [3.05, 3.63) is 69.8 Å². The van der Waals surface area contributed by atoms with E-state index in [2.05, 4.69) is 11.8 Å². The summed E-state index contributed by atoms with van der Waals surface area (Å²) in [7, 11) is 0. The summed E-state index contributed by atoms with van der Waals surface area (Å²) < 4.78 is 99.5. The molecule has 250 valence electrons. The van der Waals surface area contributed by atoms with E-state index in [1.54, 1.807) is 0 Å². The monoisotopic (exact) mass is 685 g/mol. The number of nitrogens with zero attached hydrogens (tertiary/aromatic N) is 3. The maximum absolute atomic E-state index is 13.6. The van der Waals surface area contributed by atoms with Crippen LogP contribution in [0.15, 0.2) is 36.4 Å². The molecule has 45 heavy (non-hydrogen) atoms. The van der Waals surface area contributed by atoms with Crippen LogP contribution in [0, 0.1) is 25.7 Å². The van der Waals surface area contributed by atoms with Gasteiger partial charge in [-0.1, -0.05) is 30.0 Å². The van der Waals surface area contributed by atoms with Gasteiger partial charge in [0.2, 0.25) is 0 Å². The van der Waals surface area contributed by atoms with E-state index in [0.29, 0.717) is 64.5 Å². The van der Waals surface area contributed by atoms with Crippen molar-refractivity contribution >= 4 is 30.7 Å². The van der Waals surface area contributed by atoms with Crippen LogP contribution < -0.4 is 0 Å². The zero-order chi connectivity index (χ0) is 31.4. The molecule has 1 amide bonds. The zero-order valence-corrected chi connectivity index (χ0v) is 26.4. The highest BCUT2D eigenvalue weighted by molar-refractivity contribution is 5.95. The normalized spacial score (nSPS) is 19.6. The first-order chi connectivity index (χ1) is 20.3. The number of morpholine rings is 1. The van der Waals surface area contributed by atoms with Gasteiger partial charge in [0.05, 0.1) is 43.5 Å². The molecule has 2 aliphatic heterocycles. The first kappa shape index (κ1) is 38.6. The number of piperazine rings is 1. The number of alkyl halides is 7. The summed E-state index contributed by atoms with van der Waals surface area (Å²) in [6, 6.07) is 5.93. The molecule has 14 heteroatoms. The van der Waals surface area contributed by atoms with Gasteiger partial charge in [0, 0.05) is 37.8 Å². The molecule has 2 aromatic carbocycles. The Labute approximate surface area is 270 Å². The van der Waals surface area contributed by atoms with Crippen molar-refractivity contribution in [1.29, 1.82) is 0 Å². The topological polar surface area (TPSA) is 36.0 Å². The van der Waals surface area contributed by atoms with Crippen molar-refractivity contribution in [3.8, 4) is 11.8 Å². The lowest BCUT2D eigenvalue weighted by molar-refractivity contribution is -0.143. The first-order valence-corrected chi connectivity index (χ1v) is 14.0. The lowest BCUT2D eigenvalue weighted by atomic mass is 9.97. The van der Waals surface area contributed by atoms with Gasteiger partial charge in [0.25, 0.3) is 5.91 Å². The fourth-order valence-corrected chi connectivity index (χ4v) is 5.32. The van der Waals surface area contributed by atoms with Gasteiger partial charge in [-0.3, -0.25) is 14.6 Å². The number of carbonyl (C=O) groups excluding carboxylic acids is 1. The SMILES string of the molecule is Cc1ccc(C[C@@H]2CN(CC#CCN3CCOC[C@@H]3CF)CCN2C(=O)c2cc(C(F)(F)F)cc(C(F)(F)F)c2)cc1C.Cl.Cl. The van der Waals surface area contributed by atoms with Crippen molar-refractivity contribution in [3.63, 3.8) is 0 Å². The lowest BCUT2D eigenvalue weighted by Gasteiger charge is -2.41. The van der Waals surface area contributed by atoms with Crippen molar-refractivity contribution < 1.29 is 40.3 Å². The Bertz CT molecular complexity index is 1330. The predicted octanol–water partition coefficient (Wildman–Crippen LogP) is 6.23. The molecule has 2 aliphatic rings. The van der Waals surface area contributed by atoms with Gasteiger partial charge >= 0.3 is 12.4 Å². The van der Waals surface area contributed by atoms with Crippen molar-refractivity contribution in [1.82, 2.24) is 14.7 Å². The van der Waals surface area contributed by atoms with Crippen LogP contribution in [0.1, 0.15) is 38.2 Å². The quantitative estimate of drug-likeness (QED) is 0.267. The van der Waals surface area contributed by atoms with E-state index in [0.717, 1.165) is 16.7 Å². The standard InChI is InChI=1S/C31H34F7N3O2.2ClH/c1-21-5-6-23(13-22(21)2)14-27-19-39(7-3-4-8-40-11-12-43-20-28(40)18-32)9-10-41(27)29(42)24-15-25(30(33,34)35)17-26(16-24)31(36,37)38;;/h5-6,13,15-17,27-28H,7-12,14,18-20H2,1-2H3;2*1H/t27-,28+;;/m1../s1. The molecule has 2 aromatic rings. The highest BCUT2D eigenvalue weighted by atomic mass is 35.5. The largest absolute Gasteiger partial charge is 0.416 e. The average molecular weight is 687 g/mol. The number of benzene rings is 2. The van der Waals surface area contributed by atoms with Gasteiger partial charge in [-0.15, -0.1) is 24.8 Å². The Morgan fingerprint density at radius 2 is 1.51 bits per heavy atom. The van der Waals surface area contributed by atoms with E-state index in [1.165, 1.54) is 4.90 Å². The van der Waals surface area contributed by atoms with Gasteiger partial charge in [0.1, 0.15) is 6.67 Å². The van der Waals surface area contributed by atoms with E-state index < -0.39 is 47.7 Å². The molecule has 0 aliphatic carbocycles. The Morgan fingerprint density at radius 1 is 0.867 bits per heavy atom. The molecule has 0 unspecified atom stereocenters. The summed E-state index contributed by atoms with van der Waals surface area (Å²) in [6.45, 7) is 6.22. The zero-order valence-electron chi connectivity index (χ0n) is 24.8. The van der Waals surface area contributed by atoms with Crippen LogP contribution in [0.5, 0.6) is 0 Å². The molecule has 0 spiro atoms. The highest BCUT2D eigenvalue weighted by Gasteiger charge is 2.39. The number of carbonyl (C=O) groups is 1. The second-order valence-corrected chi connectivity index (χ2v) is 11.0. The fraction of sp³-hybridized carbons (Fsp3) is 0.516. The smallest absolute Gasteiger partial charge is 0.378 e. The van der Waals surface area contributed by atoms with Crippen LogP contribution in [-0.4, -0.2) is 91.8 Å². The Morgan fingerprint density at radius 3 is 2.11 bits per heavy atom. The van der Waals surface area contributed by atoms with Crippen molar-refractivity contribution in [2.24, 2.45) is 0 Å². The van der Waals surface area contributed by atoms with E-state index in [4.69, 9.17) is 4.74 Å². The summed E-state index contributed by atoms with van der Waals surface area (Å²) in [5.74, 6) is 5.27. The number of aryl methyl sites for hydroxylation is 2. The molecule has 4 rings (SSSR count). The molecule has 0 radical (unpaired) electrons. The molecule has 0 bridgehead atoms. The third-order valence-electron chi connectivity index (χ3n) is 7.94. The maximum Gasteiger partial charge on any atom is 0.416 e. The van der Waals surface area contributed by atoms with E-state index in [9.17, 15) is 35.5 Å². The van der Waals surface area contributed by atoms with Crippen LogP contribution in [-0.2, 0) is 23.5 Å². The molecule has 2 heterocycles. The van der Waals surface area contributed by atoms with Gasteiger partial charge < -0.3 is 9.64 Å². The molecule has 5 nitrogen and oxygen atoms in total. The van der Waals surface area contributed by atoms with Gasteiger partial charge in [-0.2, -0.15) is 26.3 Å². The van der Waals surface area contributed by atoms with Gasteiger partial charge in [0.15, 0.2) is 0 Å². The second kappa shape index (κ2) is 16.3. The van der Waals surface area contributed by atoms with Crippen LogP contribution >= 0.6 is 24.8 Å². The molecule has 2 fully saturated rings. The van der Waals surface area contributed by atoms with Crippen LogP contribution in [0.4, 0.5) is 30.7 Å². The van der Waals surface area contributed by atoms with E-state index in [1.807, 2.05) is 41.8 Å². The third-order valence-corrected chi connectivity index (χ3v) is 7.94. The number of amides is 1. The predicted molar refractivity (Wildman–Crippen MR) is 162 cm³/mol. The van der Waals surface area contributed by atoms with Crippen molar-refractivity contribution in [2.45, 2.75) is 44.7 Å². The Hall–Kier alpha value is -2.56. The Kier molecular flexibility index (Phi) is 14.0. The number of rotatable bonds is 6. The number of halogens is 9. The fourth-order valence-electron chi connectivity index (χ4n) is 5.32. The number of hydrogen-bond acceptors (Lipinski definition) is 4. The average Bonchev–Trinajstić information content (AvgIpc) is 2.96. The molecule has 0 saturated carbocycles. The summed E-state index contributed by atoms with van der Waals surface area (Å²) in [4.78, 5) is 18.9. The lowest BCUT2D eigenvalue weighted by Crippen LogP contribution is -2.56. The maximum atomic E-state index is 13.6. The number of ether oxygens (including phenoxy) is 1. The highest BCUT2D eigenvalue weighted by Crippen LogP contribution is 2.37. The molecular weight excluding hydrogens is 650 g/mol. The third kappa shape index (κ3) is 10.2. The minimum atomic E-state index is -5.06. The second-order valence-electron chi connectivity index (χ2n) is 11.0. The van der Waals surface area contributed by atoms with Crippen LogP contribution in [0.3, 0.4) is 0 Å². The van der Waals surface area contributed by atoms with Gasteiger partial charge in [-0.05, 0) is 55.2 Å². The summed E-state index contributed by atoms with van der Waals surface area (Å²) >= 11 is 0. The first-order valence-electron chi connectivity index (χ1n) is 14.0. The van der Waals surface area contributed by atoms with E-state index in [-0.39, 0.29) is 43.5 Å².